The molecule has 158 valence electrons. The number of carbonyl (C=O) groups is 3. The summed E-state index contributed by atoms with van der Waals surface area (Å²) < 4.78 is 0. The molecule has 3 N–H and O–H groups in total. The fourth-order valence-electron chi connectivity index (χ4n) is 3.10. The van der Waals surface area contributed by atoms with E-state index in [1.54, 1.807) is 0 Å². The molecule has 0 aliphatic heterocycles. The Morgan fingerprint density at radius 2 is 1.14 bits per heavy atom. The molecule has 0 spiro atoms. The number of unbranched alkanes of at least 4 members (excludes halogenated alkanes) is 12. The molecule has 0 aromatic heterocycles. The number of hydrogen-bond donors (Lipinski definition) is 3. The van der Waals surface area contributed by atoms with E-state index >= 15 is 0 Å². The van der Waals surface area contributed by atoms with Crippen molar-refractivity contribution in [1.82, 2.24) is 5.32 Å². The first kappa shape index (κ1) is 29.6. The summed E-state index contributed by atoms with van der Waals surface area (Å²) in [7, 11) is 0. The molecule has 0 bridgehead atoms. The summed E-state index contributed by atoms with van der Waals surface area (Å²) in [5.74, 6) is -2.56. The number of hydrogen-bond acceptors (Lipinski definition) is 3. The van der Waals surface area contributed by atoms with Crippen LogP contribution in [0.15, 0.2) is 0 Å². The van der Waals surface area contributed by atoms with Gasteiger partial charge >= 0.3 is 41.5 Å². The van der Waals surface area contributed by atoms with Gasteiger partial charge in [0.15, 0.2) is 0 Å². The van der Waals surface area contributed by atoms with Crippen molar-refractivity contribution in [3.63, 3.8) is 0 Å². The summed E-state index contributed by atoms with van der Waals surface area (Å²) in [6.07, 6.45) is 15.9. The molecule has 0 radical (unpaired) electrons. The van der Waals surface area contributed by atoms with Crippen LogP contribution in [0.3, 0.4) is 0 Å². The van der Waals surface area contributed by atoms with Crippen molar-refractivity contribution in [2.75, 3.05) is 0 Å². The molecular weight excluding hydrogens is 369 g/mol. The third-order valence-corrected chi connectivity index (χ3v) is 4.79. The maximum atomic E-state index is 11.8. The van der Waals surface area contributed by atoms with Crippen LogP contribution in [-0.2, 0) is 14.4 Å². The van der Waals surface area contributed by atoms with Crippen LogP contribution in [0.4, 0.5) is 0 Å². The third-order valence-electron chi connectivity index (χ3n) is 4.79. The Hall–Kier alpha value is -0.590. The van der Waals surface area contributed by atoms with Crippen molar-refractivity contribution in [2.24, 2.45) is 0 Å². The number of carbonyl (C=O) groups excluding carboxylic acids is 1. The molecule has 1 amide bonds. The van der Waals surface area contributed by atoms with Crippen LogP contribution in [0.2, 0.25) is 0 Å². The summed E-state index contributed by atoms with van der Waals surface area (Å²) in [6.45, 7) is 2.24. The molecule has 0 rings (SSSR count). The second kappa shape index (κ2) is 21.1. The van der Waals surface area contributed by atoms with Gasteiger partial charge in [0.05, 0.1) is 0 Å². The van der Waals surface area contributed by atoms with E-state index in [-0.39, 0.29) is 48.3 Å². The van der Waals surface area contributed by atoms with E-state index in [1.807, 2.05) is 0 Å². The van der Waals surface area contributed by atoms with E-state index in [2.05, 4.69) is 12.2 Å². The van der Waals surface area contributed by atoms with Gasteiger partial charge < -0.3 is 15.5 Å². The number of amides is 1. The molecule has 0 aromatic carbocycles. The monoisotopic (exact) mass is 408 g/mol. The van der Waals surface area contributed by atoms with E-state index in [1.165, 1.54) is 64.2 Å². The number of carboxylic acids is 2. The standard InChI is InChI=1S/C21H39NO5.Na/c1-2-3-4-5-6-7-8-9-10-11-12-13-14-15-19(23)22-18(21(26)27)16-17-20(24)25;/h18H,2-17H2,1H3,(H,22,23)(H,24,25)(H,26,27);/q;+1. The Morgan fingerprint density at radius 3 is 1.54 bits per heavy atom. The summed E-state index contributed by atoms with van der Waals surface area (Å²) in [4.78, 5) is 33.3. The predicted molar refractivity (Wildman–Crippen MR) is 107 cm³/mol. The van der Waals surface area contributed by atoms with Gasteiger partial charge in [-0.1, -0.05) is 84.0 Å². The number of rotatable bonds is 19. The molecule has 0 aliphatic rings. The molecule has 0 saturated carbocycles. The number of nitrogens with one attached hydrogen (secondary N) is 1. The quantitative estimate of drug-likeness (QED) is 0.224. The molecule has 7 heteroatoms. The van der Waals surface area contributed by atoms with Crippen LogP contribution < -0.4 is 34.9 Å². The normalized spacial score (nSPS) is 11.5. The molecule has 1 unspecified atom stereocenters. The summed E-state index contributed by atoms with van der Waals surface area (Å²) in [6, 6.07) is -1.12. The van der Waals surface area contributed by atoms with Gasteiger partial charge in [0.2, 0.25) is 5.91 Å². The topological polar surface area (TPSA) is 104 Å². The average Bonchev–Trinajstić information content (AvgIpc) is 2.62. The van der Waals surface area contributed by atoms with Gasteiger partial charge in [-0.3, -0.25) is 9.59 Å². The summed E-state index contributed by atoms with van der Waals surface area (Å²) >= 11 is 0. The predicted octanol–water partition coefficient (Wildman–Crippen LogP) is 1.91. The third kappa shape index (κ3) is 20.2. The smallest absolute Gasteiger partial charge is 0.481 e. The van der Waals surface area contributed by atoms with Crippen LogP contribution in [0.25, 0.3) is 0 Å². The molecule has 1 atom stereocenters. The van der Waals surface area contributed by atoms with Crippen LogP contribution in [0.5, 0.6) is 0 Å². The first-order valence-electron chi connectivity index (χ1n) is 10.7. The first-order chi connectivity index (χ1) is 13.0. The first-order valence-corrected chi connectivity index (χ1v) is 10.7. The Balaban J connectivity index is 0. The molecule has 0 fully saturated rings. The second-order valence-electron chi connectivity index (χ2n) is 7.38. The van der Waals surface area contributed by atoms with E-state index in [9.17, 15) is 14.4 Å². The van der Waals surface area contributed by atoms with Gasteiger partial charge in [-0.05, 0) is 12.8 Å². The van der Waals surface area contributed by atoms with Crippen molar-refractivity contribution in [1.29, 1.82) is 0 Å². The summed E-state index contributed by atoms with van der Waals surface area (Å²) in [5, 5.41) is 20.0. The molecule has 0 aliphatic carbocycles. The van der Waals surface area contributed by atoms with E-state index in [4.69, 9.17) is 10.2 Å². The van der Waals surface area contributed by atoms with E-state index in [0.717, 1.165) is 19.3 Å². The Bertz CT molecular complexity index is 418. The van der Waals surface area contributed by atoms with Crippen LogP contribution in [-0.4, -0.2) is 34.1 Å². The maximum absolute atomic E-state index is 11.8. The van der Waals surface area contributed by atoms with Crippen LogP contribution >= 0.6 is 0 Å². The van der Waals surface area contributed by atoms with Gasteiger partial charge in [0.1, 0.15) is 6.04 Å². The molecule has 6 nitrogen and oxygen atoms in total. The Labute approximate surface area is 192 Å². The average molecular weight is 409 g/mol. The zero-order valence-electron chi connectivity index (χ0n) is 18.0. The maximum Gasteiger partial charge on any atom is 1.00 e. The molecular formula is C21H39NNaO5+. The van der Waals surface area contributed by atoms with Gasteiger partial charge in [0, 0.05) is 12.8 Å². The second-order valence-corrected chi connectivity index (χ2v) is 7.38. The minimum absolute atomic E-state index is 0. The van der Waals surface area contributed by atoms with Gasteiger partial charge in [-0.25, -0.2) is 4.79 Å². The van der Waals surface area contributed by atoms with Crippen molar-refractivity contribution in [3.05, 3.63) is 0 Å². The number of aliphatic carboxylic acids is 2. The van der Waals surface area contributed by atoms with Crippen molar-refractivity contribution >= 4 is 17.8 Å². The van der Waals surface area contributed by atoms with Crippen LogP contribution in [0, 0.1) is 0 Å². The zero-order valence-corrected chi connectivity index (χ0v) is 20.0. The molecule has 0 saturated heterocycles. The van der Waals surface area contributed by atoms with Crippen molar-refractivity contribution < 1.29 is 54.2 Å². The van der Waals surface area contributed by atoms with Gasteiger partial charge in [-0.15, -0.1) is 0 Å². The SMILES string of the molecule is CCCCCCCCCCCCCCCC(=O)NC(CCC(=O)O)C(=O)O.[Na+]. The van der Waals surface area contributed by atoms with E-state index in [0.29, 0.717) is 6.42 Å². The Kier molecular flexibility index (Phi) is 22.3. The Morgan fingerprint density at radius 1 is 0.714 bits per heavy atom. The largest absolute Gasteiger partial charge is 1.00 e. The minimum atomic E-state index is -1.19. The zero-order chi connectivity index (χ0) is 20.3. The van der Waals surface area contributed by atoms with Crippen LogP contribution in [0.1, 0.15) is 110 Å². The van der Waals surface area contributed by atoms with E-state index < -0.39 is 18.0 Å². The number of carboxylic acid groups (broad SMARTS) is 2. The van der Waals surface area contributed by atoms with Gasteiger partial charge in [0.25, 0.3) is 0 Å². The minimum Gasteiger partial charge on any atom is -0.481 e. The molecule has 0 heterocycles. The fraction of sp³-hybridized carbons (Fsp3) is 0.857. The molecule has 28 heavy (non-hydrogen) atoms. The fourth-order valence-corrected chi connectivity index (χ4v) is 3.10. The summed E-state index contributed by atoms with van der Waals surface area (Å²) in [5.41, 5.74) is 0. The van der Waals surface area contributed by atoms with Crippen molar-refractivity contribution in [3.8, 4) is 0 Å². The van der Waals surface area contributed by atoms with Crippen molar-refractivity contribution in [2.45, 2.75) is 116 Å². The molecule has 0 aromatic rings. The van der Waals surface area contributed by atoms with Gasteiger partial charge in [-0.2, -0.15) is 0 Å².